The molecule has 2 aromatic rings. The SMILES string of the molecule is COc1c(C(C)(N)Cc2cccc(F)c2)ccc(C)c1C. The highest BCUT2D eigenvalue weighted by molar-refractivity contribution is 5.48. The van der Waals surface area contributed by atoms with Crippen molar-refractivity contribution in [2.45, 2.75) is 32.7 Å². The maximum atomic E-state index is 13.3. The van der Waals surface area contributed by atoms with Gasteiger partial charge >= 0.3 is 0 Å². The van der Waals surface area contributed by atoms with Crippen molar-refractivity contribution in [3.63, 3.8) is 0 Å². The van der Waals surface area contributed by atoms with E-state index in [1.54, 1.807) is 13.2 Å². The van der Waals surface area contributed by atoms with E-state index in [1.807, 2.05) is 39.0 Å². The van der Waals surface area contributed by atoms with E-state index in [-0.39, 0.29) is 5.82 Å². The van der Waals surface area contributed by atoms with Crippen LogP contribution in [-0.2, 0) is 12.0 Å². The fourth-order valence-electron chi connectivity index (χ4n) is 2.67. The Kier molecular flexibility index (Phi) is 4.33. The van der Waals surface area contributed by atoms with Gasteiger partial charge in [-0.25, -0.2) is 4.39 Å². The molecule has 0 radical (unpaired) electrons. The topological polar surface area (TPSA) is 35.2 Å². The molecule has 0 aliphatic rings. The summed E-state index contributed by atoms with van der Waals surface area (Å²) in [6, 6.07) is 10.6. The Balaban J connectivity index is 2.42. The molecule has 0 aliphatic heterocycles. The van der Waals surface area contributed by atoms with Crippen LogP contribution in [0, 0.1) is 19.7 Å². The van der Waals surface area contributed by atoms with Gasteiger partial charge in [0.1, 0.15) is 11.6 Å². The standard InChI is InChI=1S/C18H22FNO/c1-12-8-9-16(17(21-4)13(12)2)18(3,20)11-14-6-5-7-15(19)10-14/h5-10H,11,20H2,1-4H3. The summed E-state index contributed by atoms with van der Waals surface area (Å²) in [6.45, 7) is 6.02. The van der Waals surface area contributed by atoms with E-state index < -0.39 is 5.54 Å². The Morgan fingerprint density at radius 1 is 1.19 bits per heavy atom. The third-order valence-corrected chi connectivity index (χ3v) is 3.96. The molecule has 1 atom stereocenters. The maximum Gasteiger partial charge on any atom is 0.127 e. The summed E-state index contributed by atoms with van der Waals surface area (Å²) < 4.78 is 18.9. The van der Waals surface area contributed by atoms with Crippen molar-refractivity contribution >= 4 is 0 Å². The second-order valence-corrected chi connectivity index (χ2v) is 5.81. The molecule has 1 unspecified atom stereocenters. The van der Waals surface area contributed by atoms with Crippen LogP contribution in [0.2, 0.25) is 0 Å². The Hall–Kier alpha value is -1.87. The monoisotopic (exact) mass is 287 g/mol. The number of hydrogen-bond acceptors (Lipinski definition) is 2. The number of rotatable bonds is 4. The molecule has 0 fully saturated rings. The summed E-state index contributed by atoms with van der Waals surface area (Å²) in [5, 5.41) is 0. The second kappa shape index (κ2) is 5.86. The van der Waals surface area contributed by atoms with Crippen LogP contribution in [0.3, 0.4) is 0 Å². The average molecular weight is 287 g/mol. The summed E-state index contributed by atoms with van der Waals surface area (Å²) in [7, 11) is 1.66. The van der Waals surface area contributed by atoms with Crippen molar-refractivity contribution < 1.29 is 9.13 Å². The summed E-state index contributed by atoms with van der Waals surface area (Å²) >= 11 is 0. The second-order valence-electron chi connectivity index (χ2n) is 5.81. The normalized spacial score (nSPS) is 13.8. The van der Waals surface area contributed by atoms with E-state index in [4.69, 9.17) is 10.5 Å². The van der Waals surface area contributed by atoms with Crippen molar-refractivity contribution in [2.75, 3.05) is 7.11 Å². The van der Waals surface area contributed by atoms with Crippen LogP contribution in [0.25, 0.3) is 0 Å². The van der Waals surface area contributed by atoms with E-state index in [0.29, 0.717) is 6.42 Å². The van der Waals surface area contributed by atoms with Crippen LogP contribution in [0.1, 0.15) is 29.2 Å². The number of methoxy groups -OCH3 is 1. The molecule has 2 N–H and O–H groups in total. The molecular formula is C18H22FNO. The molecule has 112 valence electrons. The van der Waals surface area contributed by atoms with Gasteiger partial charge in [-0.05, 0) is 56.0 Å². The molecule has 0 saturated heterocycles. The molecule has 0 spiro atoms. The van der Waals surface area contributed by atoms with Crippen LogP contribution in [0.15, 0.2) is 36.4 Å². The molecule has 3 heteroatoms. The molecule has 0 aromatic heterocycles. The van der Waals surface area contributed by atoms with Crippen molar-refractivity contribution in [1.29, 1.82) is 0 Å². The zero-order chi connectivity index (χ0) is 15.6. The maximum absolute atomic E-state index is 13.3. The van der Waals surface area contributed by atoms with E-state index >= 15 is 0 Å². The van der Waals surface area contributed by atoms with Crippen molar-refractivity contribution in [3.05, 3.63) is 64.5 Å². The first kappa shape index (κ1) is 15.5. The van der Waals surface area contributed by atoms with E-state index in [9.17, 15) is 4.39 Å². The van der Waals surface area contributed by atoms with Gasteiger partial charge in [0.25, 0.3) is 0 Å². The quantitative estimate of drug-likeness (QED) is 0.926. The van der Waals surface area contributed by atoms with Gasteiger partial charge in [0.2, 0.25) is 0 Å². The highest BCUT2D eigenvalue weighted by atomic mass is 19.1. The molecule has 2 nitrogen and oxygen atoms in total. The van der Waals surface area contributed by atoms with Gasteiger partial charge in [0, 0.05) is 11.1 Å². The van der Waals surface area contributed by atoms with Gasteiger partial charge in [0.15, 0.2) is 0 Å². The van der Waals surface area contributed by atoms with E-state index in [1.165, 1.54) is 12.1 Å². The van der Waals surface area contributed by atoms with Gasteiger partial charge in [-0.3, -0.25) is 0 Å². The zero-order valence-electron chi connectivity index (χ0n) is 13.0. The molecule has 21 heavy (non-hydrogen) atoms. The predicted molar refractivity (Wildman–Crippen MR) is 84.1 cm³/mol. The van der Waals surface area contributed by atoms with Crippen LogP contribution >= 0.6 is 0 Å². The number of nitrogens with two attached hydrogens (primary N) is 1. The van der Waals surface area contributed by atoms with Crippen molar-refractivity contribution in [1.82, 2.24) is 0 Å². The number of benzene rings is 2. The fourth-order valence-corrected chi connectivity index (χ4v) is 2.67. The molecule has 2 rings (SSSR count). The van der Waals surface area contributed by atoms with Crippen LogP contribution in [0.4, 0.5) is 4.39 Å². The molecule has 0 heterocycles. The fraction of sp³-hybridized carbons (Fsp3) is 0.333. The van der Waals surface area contributed by atoms with Crippen LogP contribution in [0.5, 0.6) is 5.75 Å². The number of ether oxygens (including phenoxy) is 1. The number of halogens is 1. The molecule has 2 aromatic carbocycles. The Morgan fingerprint density at radius 2 is 1.90 bits per heavy atom. The van der Waals surface area contributed by atoms with Crippen LogP contribution < -0.4 is 10.5 Å². The van der Waals surface area contributed by atoms with Gasteiger partial charge in [-0.1, -0.05) is 24.3 Å². The molecule has 0 aliphatic carbocycles. The third-order valence-electron chi connectivity index (χ3n) is 3.96. The minimum atomic E-state index is -0.627. The Labute approximate surface area is 125 Å². The molecule has 0 saturated carbocycles. The van der Waals surface area contributed by atoms with Gasteiger partial charge in [-0.15, -0.1) is 0 Å². The number of hydrogen-bond donors (Lipinski definition) is 1. The summed E-state index contributed by atoms with van der Waals surface area (Å²) in [6.07, 6.45) is 0.545. The molecule has 0 bridgehead atoms. The van der Waals surface area contributed by atoms with Gasteiger partial charge in [-0.2, -0.15) is 0 Å². The van der Waals surface area contributed by atoms with Gasteiger partial charge in [0.05, 0.1) is 7.11 Å². The molecular weight excluding hydrogens is 265 g/mol. The lowest BCUT2D eigenvalue weighted by molar-refractivity contribution is 0.383. The van der Waals surface area contributed by atoms with Crippen LogP contribution in [-0.4, -0.2) is 7.11 Å². The lowest BCUT2D eigenvalue weighted by Crippen LogP contribution is -2.36. The summed E-state index contributed by atoms with van der Waals surface area (Å²) in [4.78, 5) is 0. The Bertz CT molecular complexity index is 650. The number of aryl methyl sites for hydroxylation is 1. The predicted octanol–water partition coefficient (Wildman–Crippen LogP) is 3.87. The summed E-state index contributed by atoms with van der Waals surface area (Å²) in [5.74, 6) is 0.576. The first-order valence-corrected chi connectivity index (χ1v) is 7.03. The summed E-state index contributed by atoms with van der Waals surface area (Å²) in [5.41, 5.74) is 9.96. The lowest BCUT2D eigenvalue weighted by atomic mass is 9.84. The van der Waals surface area contributed by atoms with Crippen molar-refractivity contribution in [2.24, 2.45) is 5.73 Å². The highest BCUT2D eigenvalue weighted by Gasteiger charge is 2.27. The third kappa shape index (κ3) is 3.24. The average Bonchev–Trinajstić information content (AvgIpc) is 2.41. The molecule has 0 amide bonds. The van der Waals surface area contributed by atoms with E-state index in [2.05, 4.69) is 0 Å². The highest BCUT2D eigenvalue weighted by Crippen LogP contribution is 2.34. The minimum absolute atomic E-state index is 0.240. The lowest BCUT2D eigenvalue weighted by Gasteiger charge is -2.28. The first-order chi connectivity index (χ1) is 9.85. The Morgan fingerprint density at radius 3 is 2.52 bits per heavy atom. The zero-order valence-corrected chi connectivity index (χ0v) is 13.0. The largest absolute Gasteiger partial charge is 0.496 e. The minimum Gasteiger partial charge on any atom is -0.496 e. The van der Waals surface area contributed by atoms with Crippen molar-refractivity contribution in [3.8, 4) is 5.75 Å². The first-order valence-electron chi connectivity index (χ1n) is 7.03. The smallest absolute Gasteiger partial charge is 0.127 e. The van der Waals surface area contributed by atoms with Gasteiger partial charge < -0.3 is 10.5 Å². The van der Waals surface area contributed by atoms with E-state index in [0.717, 1.165) is 28.0 Å².